The molecule has 2 saturated carbocycles. The first-order chi connectivity index (χ1) is 20.7. The maximum Gasteiger partial charge on any atom is 0.573 e. The Morgan fingerprint density at radius 1 is 1.09 bits per heavy atom. The number of anilines is 2. The molecule has 1 unspecified atom stereocenters. The van der Waals surface area contributed by atoms with Crippen LogP contribution in [0.15, 0.2) is 35.3 Å². The molecule has 2 aliphatic heterocycles. The van der Waals surface area contributed by atoms with Gasteiger partial charge in [0.1, 0.15) is 10.8 Å². The normalized spacial score (nSPS) is 30.8. The van der Waals surface area contributed by atoms with Crippen LogP contribution in [0.1, 0.15) is 38.6 Å². The zero-order valence-electron chi connectivity index (χ0n) is 24.1. The minimum absolute atomic E-state index is 0.0922. The summed E-state index contributed by atoms with van der Waals surface area (Å²) in [5, 5.41) is 7.99. The van der Waals surface area contributed by atoms with Gasteiger partial charge in [0.2, 0.25) is 0 Å². The van der Waals surface area contributed by atoms with Crippen LogP contribution in [0.3, 0.4) is 0 Å². The number of halogens is 4. The summed E-state index contributed by atoms with van der Waals surface area (Å²) >= 11 is 6.55. The van der Waals surface area contributed by atoms with E-state index in [9.17, 15) is 18.0 Å². The molecule has 1 N–H and O–H groups in total. The minimum atomic E-state index is -4.75. The first kappa shape index (κ1) is 30.5. The molecule has 0 spiro atoms. The van der Waals surface area contributed by atoms with Gasteiger partial charge in [0, 0.05) is 37.3 Å². The van der Waals surface area contributed by atoms with E-state index in [1.807, 2.05) is 0 Å². The number of aromatic nitrogens is 2. The van der Waals surface area contributed by atoms with Crippen molar-refractivity contribution in [2.24, 2.45) is 23.7 Å². The van der Waals surface area contributed by atoms with Crippen LogP contribution in [0.5, 0.6) is 5.75 Å². The van der Waals surface area contributed by atoms with Crippen molar-refractivity contribution in [1.82, 2.24) is 9.78 Å². The van der Waals surface area contributed by atoms with E-state index < -0.39 is 6.36 Å². The molecule has 2 saturated heterocycles. The van der Waals surface area contributed by atoms with Gasteiger partial charge in [0.05, 0.1) is 50.5 Å². The minimum Gasteiger partial charge on any atom is -0.406 e. The highest BCUT2D eigenvalue weighted by atomic mass is 35.5. The van der Waals surface area contributed by atoms with E-state index in [2.05, 4.69) is 27.0 Å². The number of hydrogen-bond acceptors (Lipinski definition) is 8. The molecule has 236 valence electrons. The van der Waals surface area contributed by atoms with Gasteiger partial charge in [-0.1, -0.05) is 18.5 Å². The Bertz CT molecular complexity index is 1300. The number of nitrogens with zero attached hydrogens (tertiary/aromatic N) is 3. The van der Waals surface area contributed by atoms with Crippen LogP contribution in [0.25, 0.3) is 0 Å². The molecule has 1 aromatic carbocycles. The van der Waals surface area contributed by atoms with Gasteiger partial charge < -0.3 is 29.2 Å². The third kappa shape index (κ3) is 7.08. The van der Waals surface area contributed by atoms with Crippen molar-refractivity contribution < 1.29 is 32.1 Å². The van der Waals surface area contributed by atoms with Gasteiger partial charge in [0.25, 0.3) is 5.56 Å². The molecule has 3 heterocycles. The highest BCUT2D eigenvalue weighted by molar-refractivity contribution is 6.32. The smallest absolute Gasteiger partial charge is 0.406 e. The average molecular weight is 627 g/mol. The van der Waals surface area contributed by atoms with Crippen LogP contribution in [-0.2, 0) is 14.2 Å². The molecule has 2 aliphatic carbocycles. The van der Waals surface area contributed by atoms with Crippen molar-refractivity contribution in [3.63, 3.8) is 0 Å². The second-order valence-electron chi connectivity index (χ2n) is 12.1. The van der Waals surface area contributed by atoms with Gasteiger partial charge in [-0.15, -0.1) is 13.2 Å². The van der Waals surface area contributed by atoms with Crippen molar-refractivity contribution in [2.75, 3.05) is 56.3 Å². The molecule has 0 radical (unpaired) electrons. The Morgan fingerprint density at radius 2 is 1.86 bits per heavy atom. The maximum absolute atomic E-state index is 13.3. The Kier molecular flexibility index (Phi) is 9.09. The largest absolute Gasteiger partial charge is 0.573 e. The molecule has 4 aliphatic rings. The lowest BCUT2D eigenvalue weighted by Crippen LogP contribution is -2.46. The summed E-state index contributed by atoms with van der Waals surface area (Å²) < 4.78 is 60.8. The molecule has 5 atom stereocenters. The fraction of sp³-hybridized carbons (Fsp3) is 0.667. The van der Waals surface area contributed by atoms with Crippen LogP contribution >= 0.6 is 11.6 Å². The third-order valence-corrected chi connectivity index (χ3v) is 9.83. The fourth-order valence-corrected chi connectivity index (χ4v) is 7.33. The highest BCUT2D eigenvalue weighted by Gasteiger charge is 2.53. The number of alkyl halides is 3. The molecule has 0 amide bonds. The monoisotopic (exact) mass is 626 g/mol. The predicted molar refractivity (Wildman–Crippen MR) is 155 cm³/mol. The van der Waals surface area contributed by atoms with Crippen LogP contribution < -0.4 is 20.5 Å². The van der Waals surface area contributed by atoms with E-state index in [1.165, 1.54) is 16.8 Å². The zero-order valence-corrected chi connectivity index (χ0v) is 24.9. The van der Waals surface area contributed by atoms with Crippen LogP contribution in [0, 0.1) is 23.7 Å². The van der Waals surface area contributed by atoms with Crippen LogP contribution in [-0.4, -0.2) is 74.4 Å². The van der Waals surface area contributed by atoms with Gasteiger partial charge >= 0.3 is 6.36 Å². The summed E-state index contributed by atoms with van der Waals surface area (Å²) in [4.78, 5) is 15.4. The summed E-state index contributed by atoms with van der Waals surface area (Å²) in [6, 6.07) is 5.91. The van der Waals surface area contributed by atoms with E-state index in [4.69, 9.17) is 25.8 Å². The third-order valence-electron chi connectivity index (χ3n) is 9.46. The maximum atomic E-state index is 13.3. The van der Waals surface area contributed by atoms with Gasteiger partial charge in [0.15, 0.2) is 0 Å². The molecule has 6 rings (SSSR count). The summed E-state index contributed by atoms with van der Waals surface area (Å²) in [6.07, 6.45) is -0.344. The van der Waals surface area contributed by atoms with Crippen molar-refractivity contribution >= 4 is 23.0 Å². The summed E-state index contributed by atoms with van der Waals surface area (Å²) in [5.41, 5.74) is 1.01. The van der Waals surface area contributed by atoms with Gasteiger partial charge in [-0.2, -0.15) is 5.10 Å². The Hall–Kier alpha value is -2.54. The molecular weight excluding hydrogens is 589 g/mol. The number of fused-ring (bicyclic) bond motifs is 1. The summed E-state index contributed by atoms with van der Waals surface area (Å²) in [7, 11) is 0. The van der Waals surface area contributed by atoms with Crippen molar-refractivity contribution in [3.8, 4) is 5.75 Å². The lowest BCUT2D eigenvalue weighted by atomic mass is 9.89. The van der Waals surface area contributed by atoms with Crippen molar-refractivity contribution in [1.29, 1.82) is 0 Å². The number of hydrogen-bond donors (Lipinski definition) is 1. The highest BCUT2D eigenvalue weighted by Crippen LogP contribution is 2.53. The van der Waals surface area contributed by atoms with E-state index in [0.29, 0.717) is 81.7 Å². The molecular formula is C30H38ClF3N4O5. The quantitative estimate of drug-likeness (QED) is 0.410. The fourth-order valence-electron chi connectivity index (χ4n) is 7.13. The molecule has 0 bridgehead atoms. The summed E-state index contributed by atoms with van der Waals surface area (Å²) in [5.74, 6) is 2.10. The Morgan fingerprint density at radius 3 is 2.56 bits per heavy atom. The van der Waals surface area contributed by atoms with Gasteiger partial charge in [-0.25, -0.2) is 4.68 Å². The molecule has 13 heteroatoms. The van der Waals surface area contributed by atoms with Crippen molar-refractivity contribution in [2.45, 2.75) is 57.2 Å². The topological polar surface area (TPSA) is 87.1 Å². The van der Waals surface area contributed by atoms with Crippen LogP contribution in [0.4, 0.5) is 24.5 Å². The van der Waals surface area contributed by atoms with E-state index in [1.54, 1.807) is 18.3 Å². The lowest BCUT2D eigenvalue weighted by molar-refractivity contribution is -0.274. The molecule has 9 nitrogen and oxygen atoms in total. The van der Waals surface area contributed by atoms with Crippen LogP contribution in [0.2, 0.25) is 5.02 Å². The van der Waals surface area contributed by atoms with E-state index in [-0.39, 0.29) is 34.5 Å². The SMILES string of the molecule is C[C@@H]1C2[C@H](CNc3cnn(C4CCC(N(C[C@H]5COCCO5)c5ccc(OC(F)(F)F)cc5)CC4)c(=O)c3Cl)COC[C@@H]21. The van der Waals surface area contributed by atoms with E-state index >= 15 is 0 Å². The zero-order chi connectivity index (χ0) is 30.1. The average Bonchev–Trinajstić information content (AvgIpc) is 3.67. The number of ether oxygens (including phenoxy) is 4. The van der Waals surface area contributed by atoms with Gasteiger partial charge in [-0.05, 0) is 67.7 Å². The predicted octanol–water partition coefficient (Wildman–Crippen LogP) is 5.14. The molecule has 1 aromatic heterocycles. The first-order valence-electron chi connectivity index (χ1n) is 15.1. The second-order valence-corrected chi connectivity index (χ2v) is 12.5. The number of rotatable bonds is 9. The van der Waals surface area contributed by atoms with E-state index in [0.717, 1.165) is 25.1 Å². The van der Waals surface area contributed by atoms with Crippen molar-refractivity contribution in [3.05, 3.63) is 45.8 Å². The number of benzene rings is 1. The molecule has 43 heavy (non-hydrogen) atoms. The Balaban J connectivity index is 1.10. The number of nitrogens with one attached hydrogen (secondary N) is 1. The molecule has 2 aromatic rings. The lowest BCUT2D eigenvalue weighted by Gasteiger charge is -2.40. The summed E-state index contributed by atoms with van der Waals surface area (Å²) in [6.45, 7) is 6.54. The van der Waals surface area contributed by atoms with Gasteiger partial charge in [-0.3, -0.25) is 4.79 Å². The Labute approximate surface area is 253 Å². The molecule has 4 fully saturated rings. The first-order valence-corrected chi connectivity index (χ1v) is 15.5. The second kappa shape index (κ2) is 12.8. The standard InChI is InChI=1S/C30H38ClF3N4O5/c1-18-25-17-41-15-19(27(18)25)12-35-26-13-36-38(29(39)28(26)31)22-4-2-20(3-5-22)37(14-24-16-40-10-11-42-24)21-6-8-23(9-7-21)43-30(32,33)34/h6-9,13,18-20,22,24-25,27,35H,2-5,10-12,14-17H2,1H3/t18-,19+,20?,22?,24-,25+,27?/m0/s1.